The summed E-state index contributed by atoms with van der Waals surface area (Å²) in [6.07, 6.45) is 5.08. The third-order valence-corrected chi connectivity index (χ3v) is 6.62. The number of benzene rings is 3. The Bertz CT molecular complexity index is 996. The highest BCUT2D eigenvalue weighted by molar-refractivity contribution is 6.00. The highest BCUT2D eigenvalue weighted by Crippen LogP contribution is 2.18. The number of aryl methyl sites for hydroxylation is 2. The van der Waals surface area contributed by atoms with Gasteiger partial charge in [0.25, 0.3) is 0 Å². The molecule has 0 saturated carbocycles. The molecule has 0 spiro atoms. The zero-order valence-corrected chi connectivity index (χ0v) is 19.4. The van der Waals surface area contributed by atoms with Gasteiger partial charge in [-0.1, -0.05) is 78.0 Å². The van der Waals surface area contributed by atoms with Gasteiger partial charge < -0.3 is 10.1 Å². The van der Waals surface area contributed by atoms with Crippen LogP contribution in [-0.2, 0) is 12.8 Å². The van der Waals surface area contributed by atoms with Crippen LogP contribution in [0.15, 0.2) is 90.1 Å². The fourth-order valence-corrected chi connectivity index (χ4v) is 4.74. The highest BCUT2D eigenvalue weighted by atomic mass is 16.4. The molecular weight excluding hydrogens is 406 g/mol. The number of hydrogen-bond acceptors (Lipinski definition) is 4. The molecule has 172 valence electrons. The Kier molecular flexibility index (Phi) is 8.54. The number of oxime groups is 1. The average molecular weight is 442 g/mol. The van der Waals surface area contributed by atoms with E-state index in [1.165, 1.54) is 23.2 Å². The lowest BCUT2D eigenvalue weighted by Gasteiger charge is -2.36. The van der Waals surface area contributed by atoms with Crippen molar-refractivity contribution in [2.75, 3.05) is 37.6 Å². The molecule has 1 N–H and O–H groups in total. The van der Waals surface area contributed by atoms with Crippen molar-refractivity contribution in [2.45, 2.75) is 32.1 Å². The van der Waals surface area contributed by atoms with Crippen molar-refractivity contribution in [3.05, 3.63) is 102 Å². The van der Waals surface area contributed by atoms with Gasteiger partial charge in [0.2, 0.25) is 0 Å². The van der Waals surface area contributed by atoms with Crippen LogP contribution < -0.4 is 4.90 Å². The minimum Gasteiger partial charge on any atom is -0.411 e. The molecule has 1 aliphatic heterocycles. The topological polar surface area (TPSA) is 39.1 Å². The van der Waals surface area contributed by atoms with E-state index >= 15 is 0 Å². The van der Waals surface area contributed by atoms with Gasteiger partial charge in [-0.05, 0) is 67.5 Å². The second-order valence-corrected chi connectivity index (χ2v) is 8.80. The molecule has 4 heteroatoms. The molecule has 1 heterocycles. The quantitative estimate of drug-likeness (QED) is 0.251. The minimum atomic E-state index is 0.766. The van der Waals surface area contributed by atoms with Crippen LogP contribution in [0.3, 0.4) is 0 Å². The van der Waals surface area contributed by atoms with Crippen molar-refractivity contribution >= 4 is 11.4 Å². The van der Waals surface area contributed by atoms with Crippen LogP contribution in [0.2, 0.25) is 0 Å². The lowest BCUT2D eigenvalue weighted by atomic mass is 9.96. The molecule has 0 aromatic heterocycles. The van der Waals surface area contributed by atoms with E-state index in [0.717, 1.165) is 69.7 Å². The molecule has 4 nitrogen and oxygen atoms in total. The largest absolute Gasteiger partial charge is 0.411 e. The Hall–Kier alpha value is -3.11. The van der Waals surface area contributed by atoms with Crippen molar-refractivity contribution in [1.29, 1.82) is 0 Å². The van der Waals surface area contributed by atoms with Crippen LogP contribution in [0, 0.1) is 0 Å². The molecule has 3 aromatic rings. The highest BCUT2D eigenvalue weighted by Gasteiger charge is 2.16. The summed E-state index contributed by atoms with van der Waals surface area (Å²) in [7, 11) is 0. The predicted molar refractivity (Wildman–Crippen MR) is 138 cm³/mol. The molecule has 0 aliphatic carbocycles. The predicted octanol–water partition coefficient (Wildman–Crippen LogP) is 5.64. The van der Waals surface area contributed by atoms with Crippen molar-refractivity contribution in [3.8, 4) is 0 Å². The number of nitrogens with zero attached hydrogens (tertiary/aromatic N) is 3. The summed E-state index contributed by atoms with van der Waals surface area (Å²) in [5.41, 5.74) is 6.00. The molecule has 1 fully saturated rings. The van der Waals surface area contributed by atoms with E-state index < -0.39 is 0 Å². The third kappa shape index (κ3) is 6.69. The number of piperazine rings is 1. The molecule has 4 rings (SSSR count). The van der Waals surface area contributed by atoms with Crippen LogP contribution in [0.4, 0.5) is 5.69 Å². The van der Waals surface area contributed by atoms with Crippen LogP contribution in [0.5, 0.6) is 0 Å². The lowest BCUT2D eigenvalue weighted by Crippen LogP contribution is -2.46. The van der Waals surface area contributed by atoms with Gasteiger partial charge in [0, 0.05) is 31.9 Å². The van der Waals surface area contributed by atoms with Crippen molar-refractivity contribution < 1.29 is 5.21 Å². The maximum atomic E-state index is 9.43. The van der Waals surface area contributed by atoms with Gasteiger partial charge in [-0.25, -0.2) is 0 Å². The molecule has 0 unspecified atom stereocenters. The van der Waals surface area contributed by atoms with E-state index in [9.17, 15) is 5.21 Å². The van der Waals surface area contributed by atoms with Gasteiger partial charge in [0.1, 0.15) is 0 Å². The summed E-state index contributed by atoms with van der Waals surface area (Å²) in [5.74, 6) is 0. The van der Waals surface area contributed by atoms with E-state index in [0.29, 0.717) is 0 Å². The second-order valence-electron chi connectivity index (χ2n) is 8.80. The van der Waals surface area contributed by atoms with Gasteiger partial charge in [0.05, 0.1) is 5.71 Å². The Morgan fingerprint density at radius 2 is 1.27 bits per heavy atom. The van der Waals surface area contributed by atoms with E-state index in [-0.39, 0.29) is 0 Å². The second kappa shape index (κ2) is 12.2. The number of anilines is 1. The van der Waals surface area contributed by atoms with E-state index in [4.69, 9.17) is 0 Å². The summed E-state index contributed by atoms with van der Waals surface area (Å²) in [5, 5.41) is 13.0. The van der Waals surface area contributed by atoms with Gasteiger partial charge in [-0.15, -0.1) is 0 Å². The molecular formula is C29H35N3O. The molecule has 0 bridgehead atoms. The van der Waals surface area contributed by atoms with Crippen LogP contribution in [0.25, 0.3) is 0 Å². The van der Waals surface area contributed by atoms with Gasteiger partial charge in [-0.2, -0.15) is 0 Å². The standard InChI is InChI=1S/C29H35N3O/c33-30-29(27-13-3-1-4-14-27)19-9-15-25-11-7-8-12-26(25)16-10-20-31-21-23-32(24-22-31)28-17-5-2-6-18-28/h1-8,11-14,17-18,33H,9-10,15-16,19-24H2. The molecule has 0 amide bonds. The van der Waals surface area contributed by atoms with Gasteiger partial charge in [-0.3, -0.25) is 4.90 Å². The Labute approximate surface area is 198 Å². The Balaban J connectivity index is 1.21. The van der Waals surface area contributed by atoms with E-state index in [1.807, 2.05) is 30.3 Å². The van der Waals surface area contributed by atoms with E-state index in [2.05, 4.69) is 69.6 Å². The monoisotopic (exact) mass is 441 g/mol. The summed E-state index contributed by atoms with van der Waals surface area (Å²) < 4.78 is 0. The maximum absolute atomic E-state index is 9.43. The first-order chi connectivity index (χ1) is 16.3. The third-order valence-electron chi connectivity index (χ3n) is 6.62. The van der Waals surface area contributed by atoms with Crippen LogP contribution >= 0.6 is 0 Å². The summed E-state index contributed by atoms with van der Waals surface area (Å²) in [6, 6.07) is 29.5. The Morgan fingerprint density at radius 1 is 0.697 bits per heavy atom. The van der Waals surface area contributed by atoms with E-state index in [1.54, 1.807) is 0 Å². The fourth-order valence-electron chi connectivity index (χ4n) is 4.74. The fraction of sp³-hybridized carbons (Fsp3) is 0.345. The molecule has 1 saturated heterocycles. The number of para-hydroxylation sites is 1. The van der Waals surface area contributed by atoms with Crippen LogP contribution in [0.1, 0.15) is 36.0 Å². The lowest BCUT2D eigenvalue weighted by molar-refractivity contribution is 0.255. The molecule has 0 radical (unpaired) electrons. The average Bonchev–Trinajstić information content (AvgIpc) is 2.89. The van der Waals surface area contributed by atoms with Gasteiger partial charge in [0.15, 0.2) is 0 Å². The maximum Gasteiger partial charge on any atom is 0.0867 e. The molecule has 33 heavy (non-hydrogen) atoms. The smallest absolute Gasteiger partial charge is 0.0867 e. The number of rotatable bonds is 10. The first-order valence-electron chi connectivity index (χ1n) is 12.2. The van der Waals surface area contributed by atoms with Crippen LogP contribution in [-0.4, -0.2) is 48.5 Å². The summed E-state index contributed by atoms with van der Waals surface area (Å²) in [4.78, 5) is 5.09. The first-order valence-corrected chi connectivity index (χ1v) is 12.2. The Morgan fingerprint density at radius 3 is 1.91 bits per heavy atom. The van der Waals surface area contributed by atoms with Crippen molar-refractivity contribution in [3.63, 3.8) is 0 Å². The zero-order chi connectivity index (χ0) is 22.7. The van der Waals surface area contributed by atoms with Crippen molar-refractivity contribution in [1.82, 2.24) is 4.90 Å². The molecule has 1 aliphatic rings. The summed E-state index contributed by atoms with van der Waals surface area (Å²) in [6.45, 7) is 5.65. The molecule has 3 aromatic carbocycles. The van der Waals surface area contributed by atoms with Gasteiger partial charge >= 0.3 is 0 Å². The normalized spacial score (nSPS) is 15.0. The molecule has 0 atom stereocenters. The zero-order valence-electron chi connectivity index (χ0n) is 19.4. The first kappa shape index (κ1) is 23.1. The summed E-state index contributed by atoms with van der Waals surface area (Å²) >= 11 is 0. The van der Waals surface area contributed by atoms with Crippen molar-refractivity contribution in [2.24, 2.45) is 5.16 Å². The number of hydrogen-bond donors (Lipinski definition) is 1. The SMILES string of the molecule is ON=C(CCCc1ccccc1CCCN1CCN(c2ccccc2)CC1)c1ccccc1. The minimum absolute atomic E-state index is 0.766.